The SMILES string of the molecule is c1ccc(C2CCCCCCC2)nc1. The zero-order valence-electron chi connectivity index (χ0n) is 8.78. The molecule has 1 aromatic heterocycles. The summed E-state index contributed by atoms with van der Waals surface area (Å²) in [7, 11) is 0. The topological polar surface area (TPSA) is 12.9 Å². The molecule has 1 nitrogen and oxygen atoms in total. The van der Waals surface area contributed by atoms with Crippen LogP contribution in [0.4, 0.5) is 0 Å². The maximum atomic E-state index is 4.47. The van der Waals surface area contributed by atoms with Gasteiger partial charge in [-0.15, -0.1) is 0 Å². The van der Waals surface area contributed by atoms with E-state index in [9.17, 15) is 0 Å². The fourth-order valence-corrected chi connectivity index (χ4v) is 2.37. The Morgan fingerprint density at radius 3 is 2.29 bits per heavy atom. The maximum absolute atomic E-state index is 4.47. The molecule has 0 aliphatic heterocycles. The largest absolute Gasteiger partial charge is 0.261 e. The summed E-state index contributed by atoms with van der Waals surface area (Å²) in [4.78, 5) is 4.47. The Kier molecular flexibility index (Phi) is 3.56. The summed E-state index contributed by atoms with van der Waals surface area (Å²) in [5.41, 5.74) is 1.31. The first kappa shape index (κ1) is 9.70. The van der Waals surface area contributed by atoms with Gasteiger partial charge in [0.2, 0.25) is 0 Å². The lowest BCUT2D eigenvalue weighted by atomic mass is 9.89. The Bertz CT molecular complexity index is 247. The number of hydrogen-bond donors (Lipinski definition) is 0. The Morgan fingerprint density at radius 1 is 0.929 bits per heavy atom. The minimum Gasteiger partial charge on any atom is -0.261 e. The molecule has 1 aliphatic carbocycles. The molecule has 0 amide bonds. The Hall–Kier alpha value is -0.850. The number of hydrogen-bond acceptors (Lipinski definition) is 1. The quantitative estimate of drug-likeness (QED) is 0.652. The highest BCUT2D eigenvalue weighted by Gasteiger charge is 2.13. The summed E-state index contributed by atoms with van der Waals surface area (Å²) in [5, 5.41) is 0. The zero-order valence-corrected chi connectivity index (χ0v) is 8.78. The number of nitrogens with zero attached hydrogens (tertiary/aromatic N) is 1. The first-order chi connectivity index (χ1) is 6.97. The zero-order chi connectivity index (χ0) is 9.64. The number of aromatic nitrogens is 1. The highest BCUT2D eigenvalue weighted by atomic mass is 14.7. The highest BCUT2D eigenvalue weighted by molar-refractivity contribution is 5.09. The molecular formula is C13H19N. The van der Waals surface area contributed by atoms with Crippen molar-refractivity contribution in [3.63, 3.8) is 0 Å². The predicted molar refractivity (Wildman–Crippen MR) is 59.3 cm³/mol. The van der Waals surface area contributed by atoms with Crippen molar-refractivity contribution in [3.05, 3.63) is 30.1 Å². The van der Waals surface area contributed by atoms with Gasteiger partial charge in [0.1, 0.15) is 0 Å². The highest BCUT2D eigenvalue weighted by Crippen LogP contribution is 2.29. The fraction of sp³-hybridized carbons (Fsp3) is 0.615. The Labute approximate surface area is 86.6 Å². The van der Waals surface area contributed by atoms with E-state index in [4.69, 9.17) is 0 Å². The van der Waals surface area contributed by atoms with Crippen LogP contribution >= 0.6 is 0 Å². The van der Waals surface area contributed by atoms with Crippen LogP contribution in [0.5, 0.6) is 0 Å². The second-order valence-electron chi connectivity index (χ2n) is 4.30. The van der Waals surface area contributed by atoms with Gasteiger partial charge in [0.25, 0.3) is 0 Å². The summed E-state index contributed by atoms with van der Waals surface area (Å²) < 4.78 is 0. The lowest BCUT2D eigenvalue weighted by Gasteiger charge is -2.18. The molecule has 76 valence electrons. The average Bonchev–Trinajstić information content (AvgIpc) is 2.18. The maximum Gasteiger partial charge on any atom is 0.0434 e. The first-order valence-corrected chi connectivity index (χ1v) is 5.88. The van der Waals surface area contributed by atoms with Crippen molar-refractivity contribution < 1.29 is 0 Å². The second kappa shape index (κ2) is 5.14. The van der Waals surface area contributed by atoms with Crippen molar-refractivity contribution in [2.75, 3.05) is 0 Å². The third-order valence-corrected chi connectivity index (χ3v) is 3.21. The van der Waals surface area contributed by atoms with Crippen LogP contribution < -0.4 is 0 Å². The molecule has 1 heterocycles. The Balaban J connectivity index is 2.01. The van der Waals surface area contributed by atoms with Crippen molar-refractivity contribution >= 4 is 0 Å². The van der Waals surface area contributed by atoms with Crippen molar-refractivity contribution in [2.24, 2.45) is 0 Å². The lowest BCUT2D eigenvalue weighted by Crippen LogP contribution is -2.03. The summed E-state index contributed by atoms with van der Waals surface area (Å²) in [6.07, 6.45) is 11.7. The van der Waals surface area contributed by atoms with E-state index in [0.717, 1.165) is 5.92 Å². The molecule has 1 saturated carbocycles. The summed E-state index contributed by atoms with van der Waals surface area (Å²) in [6.45, 7) is 0. The van der Waals surface area contributed by atoms with Crippen LogP contribution in [0.3, 0.4) is 0 Å². The molecule has 0 aromatic carbocycles. The van der Waals surface area contributed by atoms with Gasteiger partial charge in [0, 0.05) is 17.8 Å². The molecular weight excluding hydrogens is 170 g/mol. The molecule has 0 unspecified atom stereocenters. The standard InChI is InChI=1S/C13H19N/c1-2-4-8-12(9-5-3-1)13-10-6-7-11-14-13/h6-7,10-12H,1-5,8-9H2. The monoisotopic (exact) mass is 189 g/mol. The average molecular weight is 189 g/mol. The first-order valence-electron chi connectivity index (χ1n) is 5.88. The van der Waals surface area contributed by atoms with E-state index in [2.05, 4.69) is 17.1 Å². The Morgan fingerprint density at radius 2 is 1.64 bits per heavy atom. The van der Waals surface area contributed by atoms with Gasteiger partial charge in [-0.3, -0.25) is 4.98 Å². The van der Waals surface area contributed by atoms with Crippen LogP contribution in [-0.4, -0.2) is 4.98 Å². The van der Waals surface area contributed by atoms with E-state index in [1.54, 1.807) is 0 Å². The molecule has 14 heavy (non-hydrogen) atoms. The second-order valence-corrected chi connectivity index (χ2v) is 4.30. The van der Waals surface area contributed by atoms with E-state index in [0.29, 0.717) is 0 Å². The van der Waals surface area contributed by atoms with Crippen LogP contribution in [0.15, 0.2) is 24.4 Å². The lowest BCUT2D eigenvalue weighted by molar-refractivity contribution is 0.449. The van der Waals surface area contributed by atoms with Gasteiger partial charge < -0.3 is 0 Å². The fourth-order valence-electron chi connectivity index (χ4n) is 2.37. The van der Waals surface area contributed by atoms with E-state index < -0.39 is 0 Å². The minimum absolute atomic E-state index is 0.733. The van der Waals surface area contributed by atoms with Gasteiger partial charge in [0.15, 0.2) is 0 Å². The number of pyridine rings is 1. The smallest absolute Gasteiger partial charge is 0.0434 e. The van der Waals surface area contributed by atoms with Gasteiger partial charge >= 0.3 is 0 Å². The van der Waals surface area contributed by atoms with Gasteiger partial charge in [-0.1, -0.05) is 38.2 Å². The molecule has 1 fully saturated rings. The third kappa shape index (κ3) is 2.57. The van der Waals surface area contributed by atoms with Crippen LogP contribution in [0.25, 0.3) is 0 Å². The van der Waals surface area contributed by atoms with E-state index in [-0.39, 0.29) is 0 Å². The molecule has 0 atom stereocenters. The molecule has 0 bridgehead atoms. The molecule has 1 heteroatoms. The number of rotatable bonds is 1. The molecule has 1 aromatic rings. The summed E-state index contributed by atoms with van der Waals surface area (Å²) in [6, 6.07) is 6.31. The van der Waals surface area contributed by atoms with Crippen LogP contribution in [0.1, 0.15) is 56.6 Å². The summed E-state index contributed by atoms with van der Waals surface area (Å²) in [5.74, 6) is 0.733. The van der Waals surface area contributed by atoms with E-state index in [1.165, 1.54) is 50.6 Å². The third-order valence-electron chi connectivity index (χ3n) is 3.21. The summed E-state index contributed by atoms with van der Waals surface area (Å²) >= 11 is 0. The molecule has 0 N–H and O–H groups in total. The van der Waals surface area contributed by atoms with E-state index in [1.807, 2.05) is 12.3 Å². The minimum atomic E-state index is 0.733. The van der Waals surface area contributed by atoms with Crippen LogP contribution in [0, 0.1) is 0 Å². The molecule has 2 rings (SSSR count). The van der Waals surface area contributed by atoms with Gasteiger partial charge in [-0.2, -0.15) is 0 Å². The predicted octanol–water partition coefficient (Wildman–Crippen LogP) is 3.91. The molecule has 0 spiro atoms. The van der Waals surface area contributed by atoms with E-state index >= 15 is 0 Å². The van der Waals surface area contributed by atoms with Crippen molar-refractivity contribution in [2.45, 2.75) is 50.9 Å². The van der Waals surface area contributed by atoms with Crippen LogP contribution in [0.2, 0.25) is 0 Å². The van der Waals surface area contributed by atoms with Crippen molar-refractivity contribution in [3.8, 4) is 0 Å². The van der Waals surface area contributed by atoms with Gasteiger partial charge in [0.05, 0.1) is 0 Å². The van der Waals surface area contributed by atoms with Crippen molar-refractivity contribution in [1.29, 1.82) is 0 Å². The van der Waals surface area contributed by atoms with Crippen molar-refractivity contribution in [1.82, 2.24) is 4.98 Å². The van der Waals surface area contributed by atoms with Gasteiger partial charge in [-0.25, -0.2) is 0 Å². The normalized spacial score (nSPS) is 20.0. The molecule has 1 aliphatic rings. The van der Waals surface area contributed by atoms with Crippen LogP contribution in [-0.2, 0) is 0 Å². The molecule has 0 radical (unpaired) electrons. The van der Waals surface area contributed by atoms with Gasteiger partial charge in [-0.05, 0) is 25.0 Å². The molecule has 0 saturated heterocycles.